The van der Waals surface area contributed by atoms with Crippen molar-refractivity contribution in [1.29, 1.82) is 10.8 Å². The molecule has 0 heterocycles. The fourth-order valence-corrected chi connectivity index (χ4v) is 14.9. The summed E-state index contributed by atoms with van der Waals surface area (Å²) in [7, 11) is 12.2. The maximum absolute atomic E-state index is 7.20. The molecule has 10 rings (SSSR count). The van der Waals surface area contributed by atoms with Crippen molar-refractivity contribution >= 4 is 125 Å². The molecule has 0 spiro atoms. The van der Waals surface area contributed by atoms with Gasteiger partial charge in [0.05, 0.1) is 18.3 Å². The van der Waals surface area contributed by atoms with E-state index in [0.717, 1.165) is 76.3 Å². The minimum atomic E-state index is -0.0998. The normalized spacial score (nSPS) is 16.2. The molecule has 4 aromatic carbocycles. The Bertz CT molecular complexity index is 4820. The maximum atomic E-state index is 7.20. The highest BCUT2D eigenvalue weighted by Gasteiger charge is 2.19. The smallest absolute Gasteiger partial charge is 0.223 e. The minimum absolute atomic E-state index is 0.0325. The molecule has 0 amide bonds. The standard InChI is InChI=1S/C11H23N5.C11H17N5.4C10H21N5.C10H15N5.C9H19N5.C9H13N5.C8H11N5/c1-16(2)11(13)15-10(12)14-8-9-6-4-3-5-7-9;12-10(13)16-11(14)15-8-4-7-9-5-2-1-3-6-9;1-15(2)10(12)14-9(11)13-8-6-4-3-5-7-8;1-13-9(11)15-10(12)14-7-8-5-3-2-4-6-8;1-15(9(11)12)10(13)14-7-8-5-3-2-4-6-8;1-13-10(15-9(11)12)14-7-8-5-3-2-4-6-8;11-9(12)15-10(13)14-7-6-8-4-2-1-3-5-8;2*10-8(11)14-9(12)13-6-7-4-2-1-3-5-7;9-7(10)13-8(11)12-6-4-2-1-3-5-6/h9H,3-8H2,1-2H3,(H4,12,13,14,15);1-3,5-6H,4,7-8H2,(H6,12,13,14,15,16);8H,3-7H2,1-2H3,(H4,11,12,13,14);8H,2-7H2,1H3,(H5,11,12,13,14,15);8H,2-7H2,1H3,(H3,11,12)(H2,13,14);8H,2-7H2,1H3,(H5,11,12,13,14,15);1-5H,6-7H2,(H6,11,12,13,14,15);7H,1-6H2,(H6,10,11,12,13,14);1-5H,6H2,(H6,10,11,12,13,14);1-5H,(H6,9,10,11,12,13). The van der Waals surface area contributed by atoms with Crippen LogP contribution < -0.4 is 154 Å². The first-order valence-electron chi connectivity index (χ1n) is 50.5. The highest BCUT2D eigenvalue weighted by Crippen LogP contribution is 2.28. The number of nitrogens with zero attached hydrogens (tertiary/aromatic N) is 21. The van der Waals surface area contributed by atoms with Crippen LogP contribution in [-0.4, -0.2) is 235 Å². The van der Waals surface area contributed by atoms with Gasteiger partial charge >= 0.3 is 0 Å². The lowest BCUT2D eigenvalue weighted by Crippen LogP contribution is -2.45. The molecule has 50 nitrogen and oxygen atoms in total. The predicted octanol–water partition coefficient (Wildman–Crippen LogP) is 2.88. The Kier molecular flexibility index (Phi) is 71.8. The number of aliphatic imine (C=N–C) groups is 18. The second-order valence-corrected chi connectivity index (χ2v) is 36.0. The highest BCUT2D eigenvalue weighted by atomic mass is 15.3. The Morgan fingerprint density at radius 1 is 0.311 bits per heavy atom. The SMILES string of the molecule is CN(C(=N)N)C(N)=NCC1CCCCC1.CN(C)C(N)=NC(N)=NC1CCCCC1.CN(C)C(N)=NC(N)=NCC1CCCCC1.CN=C(N)NC(N)=NCC1CCCCC1.CN=C(NCC1CCCCC1)NC(=N)N.NC(N)=NC(N)=NCC1CCCCC1.NC(N)=NC(N)=NCCCc1ccccc1.NC(N)=NC(N)=NCCc1ccccc1.NC(N)=NC(N)=NCc1ccccc1.NC(N)=NC(N)=Nc1ccccc1. The second kappa shape index (κ2) is 81.6. The number of nitrogens with two attached hydrogens (primary N) is 24. The van der Waals surface area contributed by atoms with Gasteiger partial charge in [0, 0.05) is 95.1 Å². The number of rotatable bonds is 21. The van der Waals surface area contributed by atoms with Gasteiger partial charge in [-0.15, -0.1) is 0 Å². The van der Waals surface area contributed by atoms with E-state index in [2.05, 4.69) is 118 Å². The molecular formula is C98H182N50. The first-order chi connectivity index (χ1) is 70.6. The molecule has 0 bridgehead atoms. The molecule has 0 aromatic heterocycles. The molecule has 0 atom stereocenters. The number of para-hydroxylation sites is 1. The van der Waals surface area contributed by atoms with Gasteiger partial charge in [0.25, 0.3) is 0 Å². The van der Waals surface area contributed by atoms with Gasteiger partial charge in [-0.1, -0.05) is 225 Å². The Balaban J connectivity index is 0.000000823. The zero-order chi connectivity index (χ0) is 110. The van der Waals surface area contributed by atoms with Crippen LogP contribution in [-0.2, 0) is 19.4 Å². The molecule has 50 heteroatoms. The van der Waals surface area contributed by atoms with Crippen molar-refractivity contribution in [1.82, 2.24) is 30.7 Å². The van der Waals surface area contributed by atoms with Gasteiger partial charge < -0.3 is 153 Å². The quantitative estimate of drug-likeness (QED) is 0.0324. The summed E-state index contributed by atoms with van der Waals surface area (Å²) in [4.78, 5) is 75.9. The topological polar surface area (TPSA) is 940 Å². The zero-order valence-electron chi connectivity index (χ0n) is 88.8. The fraction of sp³-hybridized carbons (Fsp3) is 0.551. The van der Waals surface area contributed by atoms with Crippen molar-refractivity contribution < 1.29 is 0 Å². The lowest BCUT2D eigenvalue weighted by molar-refractivity contribution is 0.356. The van der Waals surface area contributed by atoms with Gasteiger partial charge in [-0.3, -0.25) is 66.3 Å². The number of hydrogen-bond acceptors (Lipinski definition) is 13. The summed E-state index contributed by atoms with van der Waals surface area (Å²) < 4.78 is 0. The average molecular weight is 2060 g/mol. The second-order valence-electron chi connectivity index (χ2n) is 36.0. The summed E-state index contributed by atoms with van der Waals surface area (Å²) in [6, 6.07) is 39.5. The number of nitrogens with one attached hydrogen (secondary N) is 5. The third kappa shape index (κ3) is 74.2. The summed E-state index contributed by atoms with van der Waals surface area (Å²) >= 11 is 0. The summed E-state index contributed by atoms with van der Waals surface area (Å²) in [6.45, 7) is 5.71. The third-order valence-corrected chi connectivity index (χ3v) is 22.9. The lowest BCUT2D eigenvalue weighted by atomic mass is 9.89. The number of benzene rings is 4. The van der Waals surface area contributed by atoms with E-state index in [4.69, 9.17) is 148 Å². The lowest BCUT2D eigenvalue weighted by Gasteiger charge is -2.22. The summed E-state index contributed by atoms with van der Waals surface area (Å²) in [5, 5.41) is 22.9. The highest BCUT2D eigenvalue weighted by molar-refractivity contribution is 5.99. The number of guanidine groups is 20. The Hall–Kier alpha value is -15.7. The number of hydrogen-bond donors (Lipinski definition) is 29. The molecule has 0 radical (unpaired) electrons. The molecular weight excluding hydrogens is 1880 g/mol. The van der Waals surface area contributed by atoms with E-state index in [1.54, 1.807) is 43.1 Å². The molecule has 6 aliphatic carbocycles. The first-order valence-corrected chi connectivity index (χ1v) is 50.5. The van der Waals surface area contributed by atoms with Crippen LogP contribution in [0.25, 0.3) is 0 Å². The van der Waals surface area contributed by atoms with E-state index in [0.29, 0.717) is 96.8 Å². The van der Waals surface area contributed by atoms with Crippen LogP contribution in [0.5, 0.6) is 0 Å². The van der Waals surface area contributed by atoms with Crippen molar-refractivity contribution in [2.24, 2.45) is 257 Å². The largest absolute Gasteiger partial charge is 0.370 e. The predicted molar refractivity (Wildman–Crippen MR) is 621 cm³/mol. The van der Waals surface area contributed by atoms with Gasteiger partial charge in [0.1, 0.15) is 0 Å². The van der Waals surface area contributed by atoms with Gasteiger partial charge in [0.15, 0.2) is 77.5 Å². The Morgan fingerprint density at radius 3 is 1.02 bits per heavy atom. The van der Waals surface area contributed by atoms with Crippen LogP contribution in [0, 0.1) is 40.4 Å². The zero-order valence-corrected chi connectivity index (χ0v) is 88.8. The fourth-order valence-electron chi connectivity index (χ4n) is 14.9. The van der Waals surface area contributed by atoms with Crippen LogP contribution in [0.2, 0.25) is 0 Å². The summed E-state index contributed by atoms with van der Waals surface area (Å²) in [5.74, 6) is 6.50. The third-order valence-electron chi connectivity index (χ3n) is 22.9. The van der Waals surface area contributed by atoms with E-state index in [9.17, 15) is 0 Å². The van der Waals surface area contributed by atoms with Crippen LogP contribution >= 0.6 is 0 Å². The number of aryl methyl sites for hydroxylation is 1. The van der Waals surface area contributed by atoms with Crippen LogP contribution in [0.3, 0.4) is 0 Å². The maximum Gasteiger partial charge on any atom is 0.223 e. The Morgan fingerprint density at radius 2 is 0.642 bits per heavy atom. The van der Waals surface area contributed by atoms with Crippen molar-refractivity contribution in [3.05, 3.63) is 138 Å². The van der Waals surface area contributed by atoms with Gasteiger partial charge in [0.2, 0.25) is 41.7 Å². The molecule has 0 unspecified atom stereocenters. The van der Waals surface area contributed by atoms with Gasteiger partial charge in [-0.25, -0.2) is 15.0 Å². The molecule has 4 aromatic rings. The van der Waals surface area contributed by atoms with Gasteiger partial charge in [-0.05, 0) is 155 Å². The van der Waals surface area contributed by atoms with Crippen molar-refractivity contribution in [3.63, 3.8) is 0 Å². The first kappa shape index (κ1) is 130. The van der Waals surface area contributed by atoms with Crippen LogP contribution in [0.1, 0.15) is 216 Å². The Labute approximate surface area is 876 Å². The van der Waals surface area contributed by atoms with Crippen LogP contribution in [0.4, 0.5) is 5.69 Å². The molecule has 824 valence electrons. The molecule has 6 saturated carbocycles. The van der Waals surface area contributed by atoms with Crippen molar-refractivity contribution in [3.8, 4) is 0 Å². The molecule has 6 fully saturated rings. The summed E-state index contributed by atoms with van der Waals surface area (Å²) in [6.07, 6.45) is 41.4. The molecule has 6 aliphatic rings. The minimum Gasteiger partial charge on any atom is -0.370 e. The molecule has 0 aliphatic heterocycles. The average Bonchev–Trinajstić information content (AvgIpc) is 0.916. The van der Waals surface area contributed by atoms with E-state index in [1.165, 1.54) is 196 Å². The van der Waals surface area contributed by atoms with E-state index >= 15 is 0 Å². The molecule has 0 saturated heterocycles. The van der Waals surface area contributed by atoms with Crippen molar-refractivity contribution in [2.75, 3.05) is 95.1 Å². The molecule has 148 heavy (non-hydrogen) atoms. The molecule has 53 N–H and O–H groups in total. The van der Waals surface area contributed by atoms with Crippen LogP contribution in [0.15, 0.2) is 211 Å². The van der Waals surface area contributed by atoms with Gasteiger partial charge in [-0.2, -0.15) is 34.9 Å². The van der Waals surface area contributed by atoms with E-state index in [1.807, 2.05) is 125 Å². The van der Waals surface area contributed by atoms with E-state index in [-0.39, 0.29) is 77.5 Å². The monoisotopic (exact) mass is 2060 g/mol. The van der Waals surface area contributed by atoms with E-state index < -0.39 is 0 Å². The summed E-state index contributed by atoms with van der Waals surface area (Å²) in [5.41, 5.74) is 133. The van der Waals surface area contributed by atoms with Crippen molar-refractivity contribution in [2.45, 2.75) is 224 Å².